The van der Waals surface area contributed by atoms with Gasteiger partial charge in [-0.25, -0.2) is 13.6 Å². The molecule has 0 saturated carbocycles. The van der Waals surface area contributed by atoms with Gasteiger partial charge in [-0.1, -0.05) is 11.6 Å². The van der Waals surface area contributed by atoms with Crippen LogP contribution in [0.3, 0.4) is 0 Å². The van der Waals surface area contributed by atoms with Crippen LogP contribution >= 0.6 is 11.6 Å². The monoisotopic (exact) mass is 220 g/mol. The third-order valence-electron chi connectivity index (χ3n) is 1.49. The summed E-state index contributed by atoms with van der Waals surface area (Å²) in [5.41, 5.74) is -0.435. The summed E-state index contributed by atoms with van der Waals surface area (Å²) in [6.07, 6.45) is 0. The minimum Gasteiger partial charge on any atom is -0.462 e. The smallest absolute Gasteiger partial charge is 0.342 e. The summed E-state index contributed by atoms with van der Waals surface area (Å²) in [7, 11) is 0. The zero-order valence-electron chi connectivity index (χ0n) is 7.31. The van der Waals surface area contributed by atoms with E-state index in [4.69, 9.17) is 11.6 Å². The Morgan fingerprint density at radius 2 is 2.14 bits per heavy atom. The molecule has 2 nitrogen and oxygen atoms in total. The molecule has 0 amide bonds. The molecule has 0 aromatic heterocycles. The molecule has 1 aromatic carbocycles. The normalized spacial score (nSPS) is 10.0. The molecule has 0 aliphatic rings. The number of carbonyl (C=O) groups is 1. The van der Waals surface area contributed by atoms with Crippen LogP contribution in [0.4, 0.5) is 8.78 Å². The lowest BCUT2D eigenvalue weighted by Gasteiger charge is -2.04. The van der Waals surface area contributed by atoms with Crippen LogP contribution in [-0.2, 0) is 4.74 Å². The van der Waals surface area contributed by atoms with E-state index in [2.05, 4.69) is 4.74 Å². The summed E-state index contributed by atoms with van der Waals surface area (Å²) in [5, 5.41) is -0.291. The van der Waals surface area contributed by atoms with E-state index in [0.717, 1.165) is 6.07 Å². The molecule has 1 aromatic rings. The van der Waals surface area contributed by atoms with Crippen molar-refractivity contribution in [3.8, 4) is 0 Å². The highest BCUT2D eigenvalue weighted by molar-refractivity contribution is 6.33. The average molecular weight is 221 g/mol. The molecule has 0 heterocycles. The Bertz CT molecular complexity index is 343. The number of hydrogen-bond acceptors (Lipinski definition) is 2. The third-order valence-corrected chi connectivity index (χ3v) is 1.78. The second-order valence-electron chi connectivity index (χ2n) is 2.46. The van der Waals surface area contributed by atoms with Gasteiger partial charge in [0.15, 0.2) is 0 Å². The minimum absolute atomic E-state index is 0.103. The van der Waals surface area contributed by atoms with Gasteiger partial charge in [0.05, 0.1) is 11.6 Å². The van der Waals surface area contributed by atoms with Crippen molar-refractivity contribution in [1.29, 1.82) is 0 Å². The molecule has 0 spiro atoms. The van der Waals surface area contributed by atoms with Crippen LogP contribution in [0.1, 0.15) is 17.3 Å². The van der Waals surface area contributed by atoms with Gasteiger partial charge in [0.1, 0.15) is 17.2 Å². The van der Waals surface area contributed by atoms with Crippen LogP contribution in [0.5, 0.6) is 0 Å². The zero-order chi connectivity index (χ0) is 10.7. The second kappa shape index (κ2) is 4.37. The Balaban J connectivity index is 3.14. The van der Waals surface area contributed by atoms with Gasteiger partial charge in [-0.3, -0.25) is 0 Å². The maximum atomic E-state index is 13.1. The first-order valence-electron chi connectivity index (χ1n) is 3.88. The number of esters is 1. The van der Waals surface area contributed by atoms with Crippen molar-refractivity contribution in [2.75, 3.05) is 6.61 Å². The van der Waals surface area contributed by atoms with Crippen molar-refractivity contribution < 1.29 is 18.3 Å². The lowest BCUT2D eigenvalue weighted by atomic mass is 10.2. The van der Waals surface area contributed by atoms with E-state index in [0.29, 0.717) is 6.07 Å². The van der Waals surface area contributed by atoms with Gasteiger partial charge < -0.3 is 4.74 Å². The molecule has 1 rings (SSSR count). The predicted octanol–water partition coefficient (Wildman–Crippen LogP) is 2.79. The third kappa shape index (κ3) is 2.20. The zero-order valence-corrected chi connectivity index (χ0v) is 8.07. The summed E-state index contributed by atoms with van der Waals surface area (Å²) in [4.78, 5) is 11.1. The van der Waals surface area contributed by atoms with E-state index in [-0.39, 0.29) is 11.6 Å². The lowest BCUT2D eigenvalue weighted by Crippen LogP contribution is -2.08. The summed E-state index contributed by atoms with van der Waals surface area (Å²) in [6.45, 7) is 1.68. The fourth-order valence-corrected chi connectivity index (χ4v) is 1.21. The fraction of sp³-hybridized carbons (Fsp3) is 0.222. The summed E-state index contributed by atoms with van der Waals surface area (Å²) < 4.78 is 30.2. The van der Waals surface area contributed by atoms with E-state index >= 15 is 0 Å². The molecule has 0 unspecified atom stereocenters. The quantitative estimate of drug-likeness (QED) is 0.717. The van der Waals surface area contributed by atoms with Gasteiger partial charge in [0.2, 0.25) is 0 Å². The second-order valence-corrected chi connectivity index (χ2v) is 2.87. The van der Waals surface area contributed by atoms with E-state index in [1.165, 1.54) is 0 Å². The minimum atomic E-state index is -1.02. The Morgan fingerprint density at radius 1 is 1.50 bits per heavy atom. The van der Waals surface area contributed by atoms with E-state index in [1.807, 2.05) is 0 Å². The highest BCUT2D eigenvalue weighted by Crippen LogP contribution is 2.21. The Morgan fingerprint density at radius 3 is 2.64 bits per heavy atom. The van der Waals surface area contributed by atoms with E-state index < -0.39 is 23.2 Å². The standard InChI is InChI=1S/C9H7ClF2O2/c1-2-14-9(13)8-6(10)3-5(11)4-7(8)12/h3-4H,2H2,1H3. The Kier molecular flexibility index (Phi) is 3.41. The SMILES string of the molecule is CCOC(=O)c1c(F)cc(F)cc1Cl. The molecule has 0 saturated heterocycles. The van der Waals surface area contributed by atoms with Crippen LogP contribution in [-0.4, -0.2) is 12.6 Å². The largest absolute Gasteiger partial charge is 0.462 e. The van der Waals surface area contributed by atoms with Crippen molar-refractivity contribution in [3.05, 3.63) is 34.4 Å². The molecule has 0 aliphatic heterocycles. The number of rotatable bonds is 2. The predicted molar refractivity (Wildman–Crippen MR) is 47.3 cm³/mol. The molecular formula is C9H7ClF2O2. The average Bonchev–Trinajstić information content (AvgIpc) is 2.01. The first-order valence-corrected chi connectivity index (χ1v) is 4.25. The molecule has 0 aliphatic carbocycles. The van der Waals surface area contributed by atoms with Gasteiger partial charge in [0, 0.05) is 6.07 Å². The molecule has 0 atom stereocenters. The number of ether oxygens (including phenoxy) is 1. The van der Waals surface area contributed by atoms with Gasteiger partial charge in [-0.2, -0.15) is 0 Å². The van der Waals surface area contributed by atoms with Crippen molar-refractivity contribution in [2.24, 2.45) is 0 Å². The molecule has 0 radical (unpaired) electrons. The molecule has 0 N–H and O–H groups in total. The first-order chi connectivity index (χ1) is 6.56. The maximum absolute atomic E-state index is 13.1. The number of hydrogen-bond donors (Lipinski definition) is 0. The number of carbonyl (C=O) groups excluding carboxylic acids is 1. The van der Waals surface area contributed by atoms with Crippen molar-refractivity contribution in [3.63, 3.8) is 0 Å². The van der Waals surface area contributed by atoms with Gasteiger partial charge >= 0.3 is 5.97 Å². The van der Waals surface area contributed by atoms with Gasteiger partial charge in [-0.15, -0.1) is 0 Å². The first kappa shape index (κ1) is 10.9. The number of halogens is 3. The lowest BCUT2D eigenvalue weighted by molar-refractivity contribution is 0.0521. The van der Waals surface area contributed by atoms with Crippen LogP contribution in [0.15, 0.2) is 12.1 Å². The molecule has 76 valence electrons. The van der Waals surface area contributed by atoms with Crippen LogP contribution in [0.2, 0.25) is 5.02 Å². The van der Waals surface area contributed by atoms with Gasteiger partial charge in [-0.05, 0) is 13.0 Å². The number of benzene rings is 1. The molecular weight excluding hydrogens is 214 g/mol. The highest BCUT2D eigenvalue weighted by atomic mass is 35.5. The highest BCUT2D eigenvalue weighted by Gasteiger charge is 2.18. The Labute approximate surface area is 84.4 Å². The van der Waals surface area contributed by atoms with Gasteiger partial charge in [0.25, 0.3) is 0 Å². The van der Waals surface area contributed by atoms with Crippen molar-refractivity contribution in [1.82, 2.24) is 0 Å². The van der Waals surface area contributed by atoms with Crippen LogP contribution in [0, 0.1) is 11.6 Å². The van der Waals surface area contributed by atoms with E-state index in [1.54, 1.807) is 6.92 Å². The van der Waals surface area contributed by atoms with E-state index in [9.17, 15) is 13.6 Å². The van der Waals surface area contributed by atoms with Crippen LogP contribution < -0.4 is 0 Å². The molecule has 0 fully saturated rings. The summed E-state index contributed by atoms with van der Waals surface area (Å²) >= 11 is 5.48. The molecule has 14 heavy (non-hydrogen) atoms. The van der Waals surface area contributed by atoms with Crippen molar-refractivity contribution >= 4 is 17.6 Å². The summed E-state index contributed by atoms with van der Waals surface area (Å²) in [5.74, 6) is -2.75. The fourth-order valence-electron chi connectivity index (χ4n) is 0.940. The molecule has 0 bridgehead atoms. The maximum Gasteiger partial charge on any atom is 0.342 e. The topological polar surface area (TPSA) is 26.3 Å². The molecule has 5 heteroatoms. The Hall–Kier alpha value is -1.16. The summed E-state index contributed by atoms with van der Waals surface area (Å²) in [6, 6.07) is 1.44. The van der Waals surface area contributed by atoms with Crippen molar-refractivity contribution in [2.45, 2.75) is 6.92 Å². The van der Waals surface area contributed by atoms with Crippen LogP contribution in [0.25, 0.3) is 0 Å².